The molecule has 0 spiro atoms. The number of nitrogens with one attached hydrogen (secondary N) is 2. The maximum absolute atomic E-state index is 12.4. The van der Waals surface area contributed by atoms with E-state index in [0.717, 1.165) is 6.42 Å². The minimum absolute atomic E-state index is 0.0614. The number of nitrogens with zero attached hydrogens (tertiary/aromatic N) is 1. The predicted octanol–water partition coefficient (Wildman–Crippen LogP) is 4.83. The first-order valence-corrected chi connectivity index (χ1v) is 10.7. The Bertz CT molecular complexity index is 826. The van der Waals surface area contributed by atoms with Gasteiger partial charge in [0.05, 0.1) is 6.54 Å². The van der Waals surface area contributed by atoms with Crippen molar-refractivity contribution >= 4 is 17.5 Å². The molecule has 0 saturated carbocycles. The van der Waals surface area contributed by atoms with Gasteiger partial charge in [-0.25, -0.2) is 0 Å². The summed E-state index contributed by atoms with van der Waals surface area (Å²) in [5.74, 6) is 0.732. The molecule has 162 valence electrons. The van der Waals surface area contributed by atoms with Crippen LogP contribution in [0, 0.1) is 5.92 Å². The zero-order chi connectivity index (χ0) is 22.3. The summed E-state index contributed by atoms with van der Waals surface area (Å²) < 4.78 is 0. The van der Waals surface area contributed by atoms with E-state index >= 15 is 0 Å². The first kappa shape index (κ1) is 23.6. The monoisotopic (exact) mass is 409 g/mol. The van der Waals surface area contributed by atoms with E-state index in [1.807, 2.05) is 0 Å². The van der Waals surface area contributed by atoms with Crippen molar-refractivity contribution < 1.29 is 9.59 Å². The van der Waals surface area contributed by atoms with Gasteiger partial charge in [0.25, 0.3) is 5.91 Å². The molecule has 2 aromatic rings. The van der Waals surface area contributed by atoms with E-state index in [1.54, 1.807) is 38.4 Å². The van der Waals surface area contributed by atoms with Crippen LogP contribution in [0.2, 0.25) is 0 Å². The van der Waals surface area contributed by atoms with E-state index in [1.165, 1.54) is 16.0 Å². The lowest BCUT2D eigenvalue weighted by Gasteiger charge is -2.23. The minimum atomic E-state index is -0.108. The van der Waals surface area contributed by atoms with Gasteiger partial charge < -0.3 is 15.5 Å². The highest BCUT2D eigenvalue weighted by Gasteiger charge is 2.17. The van der Waals surface area contributed by atoms with Gasteiger partial charge in [-0.15, -0.1) is 0 Å². The number of anilines is 1. The lowest BCUT2D eigenvalue weighted by atomic mass is 9.92. The fourth-order valence-electron chi connectivity index (χ4n) is 3.37. The summed E-state index contributed by atoms with van der Waals surface area (Å²) in [5.41, 5.74) is 3.81. The van der Waals surface area contributed by atoms with Gasteiger partial charge >= 0.3 is 0 Å². The third-order valence-electron chi connectivity index (χ3n) is 5.45. The van der Waals surface area contributed by atoms with Crippen molar-refractivity contribution in [3.63, 3.8) is 0 Å². The summed E-state index contributed by atoms with van der Waals surface area (Å²) in [5, 5.41) is 6.28. The van der Waals surface area contributed by atoms with Gasteiger partial charge in [-0.2, -0.15) is 0 Å². The zero-order valence-electron chi connectivity index (χ0n) is 19.0. The molecule has 0 aliphatic heterocycles. The maximum atomic E-state index is 12.4. The number of hydrogen-bond acceptors (Lipinski definition) is 3. The largest absolute Gasteiger partial charge is 0.345 e. The average molecular weight is 410 g/mol. The molecule has 0 unspecified atom stereocenters. The van der Waals surface area contributed by atoms with Crippen molar-refractivity contribution in [2.45, 2.75) is 46.1 Å². The van der Waals surface area contributed by atoms with E-state index in [2.05, 4.69) is 62.6 Å². The molecule has 2 N–H and O–H groups in total. The Morgan fingerprint density at radius 2 is 1.47 bits per heavy atom. The highest BCUT2D eigenvalue weighted by molar-refractivity contribution is 5.96. The molecule has 30 heavy (non-hydrogen) atoms. The highest BCUT2D eigenvalue weighted by atomic mass is 16.2. The summed E-state index contributed by atoms with van der Waals surface area (Å²) >= 11 is 0. The maximum Gasteiger partial charge on any atom is 0.253 e. The Labute approximate surface area is 180 Å². The molecule has 0 aromatic heterocycles. The van der Waals surface area contributed by atoms with Crippen molar-refractivity contribution in [3.8, 4) is 0 Å². The minimum Gasteiger partial charge on any atom is -0.345 e. The molecule has 0 aliphatic rings. The van der Waals surface area contributed by atoms with Gasteiger partial charge in [0.1, 0.15) is 0 Å². The Hall–Kier alpha value is -2.66. The molecule has 2 aromatic carbocycles. The van der Waals surface area contributed by atoms with Crippen LogP contribution in [0.1, 0.15) is 67.6 Å². The van der Waals surface area contributed by atoms with Crippen LogP contribution in [0.4, 0.5) is 5.69 Å². The molecule has 5 heteroatoms. The molecule has 0 heterocycles. The lowest BCUT2D eigenvalue weighted by molar-refractivity contribution is -0.115. The predicted molar refractivity (Wildman–Crippen MR) is 124 cm³/mol. The Kier molecular flexibility index (Phi) is 8.60. The number of carbonyl (C=O) groups excluding carboxylic acids is 2. The van der Waals surface area contributed by atoms with Crippen LogP contribution in [0.15, 0.2) is 48.5 Å². The van der Waals surface area contributed by atoms with Crippen molar-refractivity contribution in [1.29, 1.82) is 0 Å². The summed E-state index contributed by atoms with van der Waals surface area (Å²) in [4.78, 5) is 25.9. The summed E-state index contributed by atoms with van der Waals surface area (Å²) in [6, 6.07) is 15.8. The highest BCUT2D eigenvalue weighted by Crippen LogP contribution is 2.25. The molecule has 2 atom stereocenters. The molecular formula is C25H35N3O2. The lowest BCUT2D eigenvalue weighted by Crippen LogP contribution is -2.33. The Balaban J connectivity index is 1.96. The first-order chi connectivity index (χ1) is 14.2. The van der Waals surface area contributed by atoms with E-state index in [-0.39, 0.29) is 24.4 Å². The van der Waals surface area contributed by atoms with E-state index in [0.29, 0.717) is 23.1 Å². The number of amides is 2. The van der Waals surface area contributed by atoms with Crippen LogP contribution < -0.4 is 10.6 Å². The van der Waals surface area contributed by atoms with E-state index in [9.17, 15) is 9.59 Å². The van der Waals surface area contributed by atoms with Crippen LogP contribution in [0.25, 0.3) is 0 Å². The second-order valence-corrected chi connectivity index (χ2v) is 8.40. The second-order valence-electron chi connectivity index (χ2n) is 8.40. The van der Waals surface area contributed by atoms with Crippen LogP contribution in [-0.4, -0.2) is 37.4 Å². The van der Waals surface area contributed by atoms with E-state index < -0.39 is 0 Å². The van der Waals surface area contributed by atoms with Gasteiger partial charge in [-0.1, -0.05) is 52.0 Å². The van der Waals surface area contributed by atoms with Gasteiger partial charge in [0.2, 0.25) is 5.91 Å². The number of benzene rings is 2. The SMILES string of the molecule is CC[C@@H](C)c1ccc([C@H](NCC(=O)Nc2ccc(C(=O)N(C)C)cc2)C(C)C)cc1. The molecule has 0 aliphatic carbocycles. The molecule has 5 nitrogen and oxygen atoms in total. The van der Waals surface area contributed by atoms with Gasteiger partial charge in [0, 0.05) is 31.4 Å². The summed E-state index contributed by atoms with van der Waals surface area (Å²) in [6.45, 7) is 8.95. The van der Waals surface area contributed by atoms with Crippen molar-refractivity contribution in [1.82, 2.24) is 10.2 Å². The molecule has 2 rings (SSSR count). The number of rotatable bonds is 9. The fraction of sp³-hybridized carbons (Fsp3) is 0.440. The molecule has 0 fully saturated rings. The topological polar surface area (TPSA) is 61.4 Å². The summed E-state index contributed by atoms with van der Waals surface area (Å²) in [6.07, 6.45) is 1.12. The second kappa shape index (κ2) is 10.9. The van der Waals surface area contributed by atoms with Crippen LogP contribution in [-0.2, 0) is 4.79 Å². The van der Waals surface area contributed by atoms with Gasteiger partial charge in [-0.05, 0) is 53.6 Å². The third-order valence-corrected chi connectivity index (χ3v) is 5.45. The first-order valence-electron chi connectivity index (χ1n) is 10.7. The molecule has 0 radical (unpaired) electrons. The fourth-order valence-corrected chi connectivity index (χ4v) is 3.37. The molecular weight excluding hydrogens is 374 g/mol. The van der Waals surface area contributed by atoms with Crippen LogP contribution in [0.3, 0.4) is 0 Å². The smallest absolute Gasteiger partial charge is 0.253 e. The third kappa shape index (κ3) is 6.42. The Morgan fingerprint density at radius 3 is 1.97 bits per heavy atom. The van der Waals surface area contributed by atoms with Crippen molar-refractivity contribution in [3.05, 3.63) is 65.2 Å². The van der Waals surface area contributed by atoms with Crippen LogP contribution in [0.5, 0.6) is 0 Å². The molecule has 0 saturated heterocycles. The van der Waals surface area contributed by atoms with Crippen molar-refractivity contribution in [2.75, 3.05) is 26.0 Å². The molecule has 0 bridgehead atoms. The quantitative estimate of drug-likeness (QED) is 0.624. The van der Waals surface area contributed by atoms with Gasteiger partial charge in [-0.3, -0.25) is 9.59 Å². The van der Waals surface area contributed by atoms with Crippen molar-refractivity contribution in [2.24, 2.45) is 5.92 Å². The summed E-state index contributed by atoms with van der Waals surface area (Å²) in [7, 11) is 3.43. The van der Waals surface area contributed by atoms with E-state index in [4.69, 9.17) is 0 Å². The van der Waals surface area contributed by atoms with Crippen LogP contribution >= 0.6 is 0 Å². The number of carbonyl (C=O) groups is 2. The zero-order valence-corrected chi connectivity index (χ0v) is 19.0. The average Bonchev–Trinajstić information content (AvgIpc) is 2.73. The standard InChI is InChI=1S/C25H35N3O2/c1-7-18(4)19-8-10-20(11-9-19)24(17(2)3)26-16-23(29)27-22-14-12-21(13-15-22)25(30)28(5)6/h8-15,17-18,24,26H,7,16H2,1-6H3,(H,27,29)/t18-,24-/m1/s1. The molecule has 2 amide bonds. The normalized spacial score (nSPS) is 13.0. The Morgan fingerprint density at radius 1 is 0.900 bits per heavy atom. The van der Waals surface area contributed by atoms with Gasteiger partial charge in [0.15, 0.2) is 0 Å². The number of hydrogen-bond donors (Lipinski definition) is 2.